The molecule has 4 heterocycles. The van der Waals surface area contributed by atoms with Crippen LogP contribution in [0.3, 0.4) is 0 Å². The molecule has 2 N–H and O–H groups in total. The van der Waals surface area contributed by atoms with Crippen molar-refractivity contribution in [2.75, 3.05) is 18.6 Å². The van der Waals surface area contributed by atoms with Crippen LogP contribution in [-0.2, 0) is 29.5 Å². The number of esters is 1. The number of ether oxygens (including phenoxy) is 1. The minimum atomic E-state index is -0.215. The second kappa shape index (κ2) is 7.12. The van der Waals surface area contributed by atoms with Crippen molar-refractivity contribution in [2.45, 2.75) is 31.8 Å². The Hall–Kier alpha value is -3.43. The molecule has 1 amide bonds. The van der Waals surface area contributed by atoms with E-state index in [-0.39, 0.29) is 23.8 Å². The average Bonchev–Trinajstić information content (AvgIpc) is 3.34. The lowest BCUT2D eigenvalue weighted by molar-refractivity contribution is -0.149. The zero-order valence-electron chi connectivity index (χ0n) is 16.9. The third-order valence-electron chi connectivity index (χ3n) is 6.10. The van der Waals surface area contributed by atoms with E-state index in [4.69, 9.17) is 4.74 Å². The summed E-state index contributed by atoms with van der Waals surface area (Å²) in [7, 11) is 3.26. The highest BCUT2D eigenvalue weighted by Crippen LogP contribution is 2.31. The van der Waals surface area contributed by atoms with E-state index in [1.165, 1.54) is 7.11 Å². The van der Waals surface area contributed by atoms with Crippen LogP contribution in [0.5, 0.6) is 0 Å². The number of nitrogens with one attached hydrogen (secondary N) is 2. The highest BCUT2D eigenvalue weighted by molar-refractivity contribution is 5.95. The van der Waals surface area contributed by atoms with Gasteiger partial charge in [0.25, 0.3) is 5.91 Å². The maximum atomic E-state index is 12.9. The highest BCUT2D eigenvalue weighted by Gasteiger charge is 2.37. The number of amides is 1. The van der Waals surface area contributed by atoms with E-state index < -0.39 is 0 Å². The van der Waals surface area contributed by atoms with Crippen LogP contribution in [0.1, 0.15) is 34.6 Å². The summed E-state index contributed by atoms with van der Waals surface area (Å²) in [5, 5.41) is 8.47. The minimum absolute atomic E-state index is 0.0275. The number of fused-ring (bicyclic) bond motifs is 2. The number of nitrogens with zero attached hydrogens (tertiary/aromatic N) is 5. The molecule has 0 spiro atoms. The number of aryl methyl sites for hydroxylation is 1. The fourth-order valence-electron chi connectivity index (χ4n) is 4.41. The Kier molecular flexibility index (Phi) is 4.41. The molecule has 1 aliphatic carbocycles. The summed E-state index contributed by atoms with van der Waals surface area (Å²) in [5.74, 6) is 0.306. The smallest absolute Gasteiger partial charge is 0.308 e. The largest absolute Gasteiger partial charge is 0.469 e. The van der Waals surface area contributed by atoms with Crippen molar-refractivity contribution in [1.29, 1.82) is 0 Å². The van der Waals surface area contributed by atoms with Crippen LogP contribution in [0, 0.1) is 5.92 Å². The second-order valence-electron chi connectivity index (χ2n) is 7.87. The summed E-state index contributed by atoms with van der Waals surface area (Å²) >= 11 is 0. The summed E-state index contributed by atoms with van der Waals surface area (Å²) in [6.45, 7) is 1.34. The van der Waals surface area contributed by atoms with E-state index in [1.54, 1.807) is 11.0 Å². The van der Waals surface area contributed by atoms with Crippen LogP contribution in [0.15, 0.2) is 18.6 Å². The van der Waals surface area contributed by atoms with Crippen LogP contribution in [0.2, 0.25) is 0 Å². The number of hydrogen-bond acceptors (Lipinski definition) is 7. The molecule has 0 atom stereocenters. The van der Waals surface area contributed by atoms with Gasteiger partial charge in [-0.1, -0.05) is 0 Å². The number of methoxy groups -OCH3 is 1. The molecule has 0 bridgehead atoms. The van der Waals surface area contributed by atoms with Gasteiger partial charge in [-0.25, -0.2) is 9.97 Å². The third kappa shape index (κ3) is 2.99. The number of anilines is 1. The van der Waals surface area contributed by atoms with E-state index in [0.29, 0.717) is 25.1 Å². The van der Waals surface area contributed by atoms with Gasteiger partial charge in [0.05, 0.1) is 18.4 Å². The lowest BCUT2D eigenvalue weighted by Crippen LogP contribution is -2.47. The number of rotatable bonds is 4. The van der Waals surface area contributed by atoms with Gasteiger partial charge in [-0.15, -0.1) is 0 Å². The van der Waals surface area contributed by atoms with Crippen molar-refractivity contribution in [3.05, 3.63) is 35.5 Å². The van der Waals surface area contributed by atoms with E-state index in [9.17, 15) is 9.59 Å². The molecule has 1 aliphatic heterocycles. The van der Waals surface area contributed by atoms with Gasteiger partial charge in [0.2, 0.25) is 0 Å². The summed E-state index contributed by atoms with van der Waals surface area (Å²) in [5.41, 5.74) is 3.22. The Bertz CT molecular complexity index is 1130. The number of carbonyl (C=O) groups excluding carboxylic acids is 2. The molecule has 2 aliphatic rings. The van der Waals surface area contributed by atoms with Crippen LogP contribution in [-0.4, -0.2) is 56.3 Å². The molecular formula is C20H23N7O3. The maximum Gasteiger partial charge on any atom is 0.308 e. The SMILES string of the molecule is COC(=O)C1CC(NC(=O)c2nn(C)c3c2CN(c2ncnc4[nH]ccc24)CC3)C1. The van der Waals surface area contributed by atoms with Crippen LogP contribution in [0.25, 0.3) is 11.0 Å². The minimum Gasteiger partial charge on any atom is -0.469 e. The van der Waals surface area contributed by atoms with E-state index >= 15 is 0 Å². The molecule has 3 aromatic rings. The molecular weight excluding hydrogens is 386 g/mol. The lowest BCUT2D eigenvalue weighted by atomic mass is 9.80. The molecule has 10 nitrogen and oxygen atoms in total. The van der Waals surface area contributed by atoms with Crippen LogP contribution in [0.4, 0.5) is 5.82 Å². The van der Waals surface area contributed by atoms with Gasteiger partial charge in [-0.3, -0.25) is 14.3 Å². The molecule has 1 saturated carbocycles. The normalized spacial score (nSPS) is 20.5. The van der Waals surface area contributed by atoms with Crippen LogP contribution < -0.4 is 10.2 Å². The van der Waals surface area contributed by atoms with Gasteiger partial charge in [0.15, 0.2) is 5.69 Å². The number of carbonyl (C=O) groups is 2. The Morgan fingerprint density at radius 3 is 2.93 bits per heavy atom. The van der Waals surface area contributed by atoms with Crippen molar-refractivity contribution in [2.24, 2.45) is 13.0 Å². The van der Waals surface area contributed by atoms with E-state index in [2.05, 4.69) is 30.3 Å². The fourth-order valence-corrected chi connectivity index (χ4v) is 4.41. The average molecular weight is 409 g/mol. The van der Waals surface area contributed by atoms with Gasteiger partial charge in [-0.2, -0.15) is 5.10 Å². The van der Waals surface area contributed by atoms with Gasteiger partial charge in [0, 0.05) is 50.1 Å². The van der Waals surface area contributed by atoms with Crippen LogP contribution >= 0.6 is 0 Å². The Labute approximate surface area is 172 Å². The fraction of sp³-hybridized carbons (Fsp3) is 0.450. The van der Waals surface area contributed by atoms with Crippen molar-refractivity contribution in [3.63, 3.8) is 0 Å². The predicted octanol–water partition coefficient (Wildman–Crippen LogP) is 0.935. The first-order valence-corrected chi connectivity index (χ1v) is 10.0. The zero-order chi connectivity index (χ0) is 20.8. The first-order chi connectivity index (χ1) is 14.5. The van der Waals surface area contributed by atoms with E-state index in [1.807, 2.05) is 19.3 Å². The second-order valence-corrected chi connectivity index (χ2v) is 7.87. The lowest BCUT2D eigenvalue weighted by Gasteiger charge is -2.33. The summed E-state index contributed by atoms with van der Waals surface area (Å²) < 4.78 is 6.56. The predicted molar refractivity (Wildman–Crippen MR) is 108 cm³/mol. The number of hydrogen-bond donors (Lipinski definition) is 2. The molecule has 0 unspecified atom stereocenters. The van der Waals surface area contributed by atoms with Gasteiger partial charge in [0.1, 0.15) is 17.8 Å². The molecule has 3 aromatic heterocycles. The molecule has 0 aromatic carbocycles. The summed E-state index contributed by atoms with van der Waals surface area (Å²) in [6, 6.07) is 1.94. The van der Waals surface area contributed by atoms with Crippen molar-refractivity contribution in [1.82, 2.24) is 30.0 Å². The van der Waals surface area contributed by atoms with Gasteiger partial charge >= 0.3 is 5.97 Å². The topological polar surface area (TPSA) is 118 Å². The van der Waals surface area contributed by atoms with E-state index in [0.717, 1.165) is 41.1 Å². The number of H-pyrrole nitrogens is 1. The maximum absolute atomic E-state index is 12.9. The van der Waals surface area contributed by atoms with Crippen molar-refractivity contribution < 1.29 is 14.3 Å². The van der Waals surface area contributed by atoms with Crippen molar-refractivity contribution >= 4 is 28.7 Å². The molecule has 30 heavy (non-hydrogen) atoms. The van der Waals surface area contributed by atoms with Crippen molar-refractivity contribution in [3.8, 4) is 0 Å². The molecule has 156 valence electrons. The first-order valence-electron chi connectivity index (χ1n) is 10.0. The summed E-state index contributed by atoms with van der Waals surface area (Å²) in [4.78, 5) is 38.5. The molecule has 10 heteroatoms. The number of aromatic nitrogens is 5. The molecule has 1 fully saturated rings. The third-order valence-corrected chi connectivity index (χ3v) is 6.10. The summed E-state index contributed by atoms with van der Waals surface area (Å²) in [6.07, 6.45) is 5.38. The standard InChI is InChI=1S/C20H23N7O3/c1-26-15-4-6-27(18-13-3-5-21-17(13)22-10-23-18)9-14(15)16(25-26)19(28)24-12-7-11(8-12)20(29)30-2/h3,5,10-12H,4,6-9H2,1-2H3,(H,24,28)(H,21,22,23). The Morgan fingerprint density at radius 2 is 2.13 bits per heavy atom. The Balaban J connectivity index is 1.35. The molecule has 0 radical (unpaired) electrons. The molecule has 0 saturated heterocycles. The van der Waals surface area contributed by atoms with Gasteiger partial charge < -0.3 is 19.9 Å². The quantitative estimate of drug-likeness (QED) is 0.616. The highest BCUT2D eigenvalue weighted by atomic mass is 16.5. The molecule has 5 rings (SSSR count). The Morgan fingerprint density at radius 1 is 1.30 bits per heavy atom. The number of aromatic amines is 1. The van der Waals surface area contributed by atoms with Gasteiger partial charge in [-0.05, 0) is 18.9 Å². The monoisotopic (exact) mass is 409 g/mol. The zero-order valence-corrected chi connectivity index (χ0v) is 16.9. The first kappa shape index (κ1) is 18.6.